The minimum Gasteiger partial charge on any atom is -0.354 e. The van der Waals surface area contributed by atoms with Gasteiger partial charge < -0.3 is 15.2 Å². The summed E-state index contributed by atoms with van der Waals surface area (Å²) in [5, 5.41) is 3.82. The van der Waals surface area contributed by atoms with Crippen molar-refractivity contribution >= 4 is 28.3 Å². The van der Waals surface area contributed by atoms with Crippen molar-refractivity contribution in [3.63, 3.8) is 0 Å². The number of hydrogen-bond acceptors (Lipinski definition) is 2. The molecule has 0 aliphatic carbocycles. The SMILES string of the molecule is C=CCNC(=O)C1=CN(C(=O)c2ccc(F)cc2)CCc2c1[nH]c1ccccc21. The Morgan fingerprint density at radius 2 is 1.93 bits per heavy atom. The summed E-state index contributed by atoms with van der Waals surface area (Å²) in [6.07, 6.45) is 3.76. The summed E-state index contributed by atoms with van der Waals surface area (Å²) >= 11 is 0. The summed E-state index contributed by atoms with van der Waals surface area (Å²) in [5.41, 5.74) is 3.39. The van der Waals surface area contributed by atoms with Crippen LogP contribution in [0.25, 0.3) is 16.5 Å². The minimum absolute atomic E-state index is 0.284. The Morgan fingerprint density at radius 1 is 1.17 bits per heavy atom. The summed E-state index contributed by atoms with van der Waals surface area (Å²) < 4.78 is 13.2. The van der Waals surface area contributed by atoms with Gasteiger partial charge in [-0.05, 0) is 42.3 Å². The van der Waals surface area contributed by atoms with Gasteiger partial charge in [-0.25, -0.2) is 4.39 Å². The lowest BCUT2D eigenvalue weighted by atomic mass is 10.0. The highest BCUT2D eigenvalue weighted by Crippen LogP contribution is 2.31. The number of aromatic nitrogens is 1. The van der Waals surface area contributed by atoms with Crippen molar-refractivity contribution in [2.24, 2.45) is 0 Å². The third kappa shape index (κ3) is 3.57. The first kappa shape index (κ1) is 18.7. The quantitative estimate of drug-likeness (QED) is 0.669. The molecule has 3 aromatic rings. The number of hydrogen-bond donors (Lipinski definition) is 2. The molecule has 0 unspecified atom stereocenters. The average molecular weight is 389 g/mol. The number of para-hydroxylation sites is 1. The third-order valence-electron chi connectivity index (χ3n) is 4.97. The number of nitrogens with zero attached hydrogens (tertiary/aromatic N) is 1. The topological polar surface area (TPSA) is 65.2 Å². The van der Waals surface area contributed by atoms with Crippen molar-refractivity contribution in [3.8, 4) is 0 Å². The molecule has 4 rings (SSSR count). The average Bonchev–Trinajstić information content (AvgIpc) is 2.99. The van der Waals surface area contributed by atoms with E-state index in [1.807, 2.05) is 24.3 Å². The minimum atomic E-state index is -0.404. The highest BCUT2D eigenvalue weighted by molar-refractivity contribution is 6.21. The molecule has 1 aliphatic heterocycles. The molecule has 29 heavy (non-hydrogen) atoms. The third-order valence-corrected chi connectivity index (χ3v) is 4.97. The molecule has 0 bridgehead atoms. The van der Waals surface area contributed by atoms with Gasteiger partial charge in [0.05, 0.1) is 11.3 Å². The smallest absolute Gasteiger partial charge is 0.257 e. The Labute approximate surface area is 167 Å². The number of carbonyl (C=O) groups is 2. The van der Waals surface area contributed by atoms with Gasteiger partial charge in [0.15, 0.2) is 0 Å². The number of nitrogens with one attached hydrogen (secondary N) is 2. The van der Waals surface area contributed by atoms with Crippen LogP contribution >= 0.6 is 0 Å². The van der Waals surface area contributed by atoms with E-state index in [2.05, 4.69) is 16.9 Å². The van der Waals surface area contributed by atoms with Gasteiger partial charge >= 0.3 is 0 Å². The van der Waals surface area contributed by atoms with Crippen LogP contribution in [0.3, 0.4) is 0 Å². The molecule has 1 aliphatic rings. The van der Waals surface area contributed by atoms with E-state index in [1.54, 1.807) is 12.3 Å². The zero-order valence-electron chi connectivity index (χ0n) is 15.7. The largest absolute Gasteiger partial charge is 0.354 e. The molecule has 0 radical (unpaired) electrons. The Balaban J connectivity index is 1.77. The summed E-state index contributed by atoms with van der Waals surface area (Å²) in [6, 6.07) is 13.2. The summed E-state index contributed by atoms with van der Waals surface area (Å²) in [6.45, 7) is 4.35. The zero-order chi connectivity index (χ0) is 20.4. The van der Waals surface area contributed by atoms with Gasteiger partial charge in [-0.2, -0.15) is 0 Å². The molecular formula is C23H20FN3O2. The number of rotatable bonds is 4. The lowest BCUT2D eigenvalue weighted by Gasteiger charge is -2.18. The van der Waals surface area contributed by atoms with E-state index in [1.165, 1.54) is 29.2 Å². The monoisotopic (exact) mass is 389 g/mol. The molecule has 0 saturated heterocycles. The van der Waals surface area contributed by atoms with Crippen LogP contribution in [0.4, 0.5) is 4.39 Å². The standard InChI is InChI=1S/C23H20FN3O2/c1-2-12-25-22(28)19-14-27(23(29)15-7-9-16(24)10-8-15)13-11-18-17-5-3-4-6-20(17)26-21(18)19/h2-10,14,26H,1,11-13H2,(H,25,28). The van der Waals surface area contributed by atoms with Crippen molar-refractivity contribution in [1.82, 2.24) is 15.2 Å². The Hall–Kier alpha value is -3.67. The summed E-state index contributed by atoms with van der Waals surface area (Å²) in [7, 11) is 0. The predicted octanol–water partition coefficient (Wildman–Crippen LogP) is 3.65. The fourth-order valence-corrected chi connectivity index (χ4v) is 3.56. The first-order valence-electron chi connectivity index (χ1n) is 9.36. The normalized spacial score (nSPS) is 13.4. The van der Waals surface area contributed by atoms with E-state index >= 15 is 0 Å². The van der Waals surface area contributed by atoms with Crippen molar-refractivity contribution in [2.45, 2.75) is 6.42 Å². The maximum absolute atomic E-state index is 13.2. The molecule has 0 spiro atoms. The molecule has 0 fully saturated rings. The molecule has 5 nitrogen and oxygen atoms in total. The van der Waals surface area contributed by atoms with Crippen molar-refractivity contribution in [3.05, 3.63) is 90.0 Å². The zero-order valence-corrected chi connectivity index (χ0v) is 15.7. The molecule has 6 heteroatoms. The van der Waals surface area contributed by atoms with Crippen LogP contribution in [0.2, 0.25) is 0 Å². The van der Waals surface area contributed by atoms with Gasteiger partial charge in [0.25, 0.3) is 11.8 Å². The maximum Gasteiger partial charge on any atom is 0.257 e. The van der Waals surface area contributed by atoms with Crippen LogP contribution in [-0.4, -0.2) is 34.8 Å². The highest BCUT2D eigenvalue weighted by Gasteiger charge is 2.26. The first-order chi connectivity index (χ1) is 14.1. The number of fused-ring (bicyclic) bond motifs is 3. The van der Waals surface area contributed by atoms with Gasteiger partial charge in [-0.1, -0.05) is 24.3 Å². The highest BCUT2D eigenvalue weighted by atomic mass is 19.1. The van der Waals surface area contributed by atoms with Gasteiger partial charge in [-0.15, -0.1) is 6.58 Å². The van der Waals surface area contributed by atoms with Crippen LogP contribution in [0.5, 0.6) is 0 Å². The predicted molar refractivity (Wildman–Crippen MR) is 111 cm³/mol. The number of amides is 2. The Morgan fingerprint density at radius 3 is 2.69 bits per heavy atom. The second-order valence-electron chi connectivity index (χ2n) is 6.82. The Kier molecular flexibility index (Phi) is 4.99. The van der Waals surface area contributed by atoms with E-state index in [9.17, 15) is 14.0 Å². The maximum atomic E-state index is 13.2. The van der Waals surface area contributed by atoms with E-state index in [4.69, 9.17) is 0 Å². The van der Waals surface area contributed by atoms with E-state index in [0.29, 0.717) is 36.3 Å². The molecule has 2 amide bonds. The summed E-state index contributed by atoms with van der Waals surface area (Å²) in [5.74, 6) is -0.983. The van der Waals surface area contributed by atoms with Crippen molar-refractivity contribution < 1.29 is 14.0 Å². The number of H-pyrrole nitrogens is 1. The molecule has 2 N–H and O–H groups in total. The number of benzene rings is 2. The number of carbonyl (C=O) groups excluding carboxylic acids is 2. The molecule has 0 atom stereocenters. The molecule has 2 heterocycles. The lowest BCUT2D eigenvalue weighted by Crippen LogP contribution is -2.29. The van der Waals surface area contributed by atoms with Gasteiger partial charge in [-0.3, -0.25) is 9.59 Å². The first-order valence-corrected chi connectivity index (χ1v) is 9.36. The molecule has 1 aromatic heterocycles. The van der Waals surface area contributed by atoms with Crippen molar-refractivity contribution in [2.75, 3.05) is 13.1 Å². The number of aromatic amines is 1. The molecular weight excluding hydrogens is 369 g/mol. The van der Waals surface area contributed by atoms with Crippen LogP contribution in [0, 0.1) is 5.82 Å². The molecule has 2 aromatic carbocycles. The van der Waals surface area contributed by atoms with Crippen LogP contribution < -0.4 is 5.32 Å². The van der Waals surface area contributed by atoms with Crippen LogP contribution in [-0.2, 0) is 11.2 Å². The van der Waals surface area contributed by atoms with Crippen LogP contribution in [0.1, 0.15) is 21.6 Å². The van der Waals surface area contributed by atoms with E-state index in [-0.39, 0.29) is 11.8 Å². The lowest BCUT2D eigenvalue weighted by molar-refractivity contribution is -0.115. The van der Waals surface area contributed by atoms with Gasteiger partial charge in [0.1, 0.15) is 5.82 Å². The fourth-order valence-electron chi connectivity index (χ4n) is 3.56. The van der Waals surface area contributed by atoms with E-state index in [0.717, 1.165) is 16.5 Å². The van der Waals surface area contributed by atoms with Crippen molar-refractivity contribution in [1.29, 1.82) is 0 Å². The second kappa shape index (κ2) is 7.75. The molecule has 146 valence electrons. The second-order valence-corrected chi connectivity index (χ2v) is 6.82. The van der Waals surface area contributed by atoms with Gasteiger partial charge in [0, 0.05) is 35.8 Å². The Bertz CT molecular complexity index is 1130. The van der Waals surface area contributed by atoms with E-state index < -0.39 is 5.82 Å². The molecule has 0 saturated carbocycles. The number of halogens is 1. The fraction of sp³-hybridized carbons (Fsp3) is 0.130. The van der Waals surface area contributed by atoms with Gasteiger partial charge in [0.2, 0.25) is 0 Å². The van der Waals surface area contributed by atoms with Crippen LogP contribution in [0.15, 0.2) is 67.4 Å². The summed E-state index contributed by atoms with van der Waals surface area (Å²) in [4.78, 5) is 30.7.